The van der Waals surface area contributed by atoms with Crippen molar-refractivity contribution in [2.45, 2.75) is 46.0 Å². The molecule has 3 heteroatoms. The van der Waals surface area contributed by atoms with Gasteiger partial charge in [-0.05, 0) is 24.7 Å². The first-order chi connectivity index (χ1) is 7.65. The van der Waals surface area contributed by atoms with Gasteiger partial charge in [0.2, 0.25) is 0 Å². The van der Waals surface area contributed by atoms with Gasteiger partial charge in [-0.2, -0.15) is 0 Å². The average molecular weight is 227 g/mol. The van der Waals surface area contributed by atoms with E-state index in [0.29, 0.717) is 19.1 Å². The third-order valence-electron chi connectivity index (χ3n) is 3.55. The topological polar surface area (TPSA) is 52.3 Å². The molecule has 94 valence electrons. The van der Waals surface area contributed by atoms with Crippen LogP contribution in [0.5, 0.6) is 0 Å². The molecule has 0 radical (unpaired) electrons. The van der Waals surface area contributed by atoms with Gasteiger partial charge in [0.05, 0.1) is 12.5 Å². The van der Waals surface area contributed by atoms with Gasteiger partial charge < -0.3 is 10.5 Å². The highest BCUT2D eigenvalue weighted by Gasteiger charge is 2.23. The van der Waals surface area contributed by atoms with Gasteiger partial charge in [-0.3, -0.25) is 4.79 Å². The van der Waals surface area contributed by atoms with Crippen molar-refractivity contribution >= 4 is 5.97 Å². The SMILES string of the molecule is CC(C)C(CN)C(=O)OCC1CCCCC1. The fraction of sp³-hybridized carbons (Fsp3) is 0.923. The van der Waals surface area contributed by atoms with Crippen molar-refractivity contribution in [3.8, 4) is 0 Å². The number of ether oxygens (including phenoxy) is 1. The number of hydrogen-bond acceptors (Lipinski definition) is 3. The van der Waals surface area contributed by atoms with Crippen molar-refractivity contribution in [1.82, 2.24) is 0 Å². The minimum atomic E-state index is -0.136. The highest BCUT2D eigenvalue weighted by atomic mass is 16.5. The van der Waals surface area contributed by atoms with Crippen LogP contribution in [0.2, 0.25) is 0 Å². The van der Waals surface area contributed by atoms with Gasteiger partial charge in [0.15, 0.2) is 0 Å². The number of hydrogen-bond donors (Lipinski definition) is 1. The van der Waals surface area contributed by atoms with Crippen molar-refractivity contribution in [3.63, 3.8) is 0 Å². The summed E-state index contributed by atoms with van der Waals surface area (Å²) >= 11 is 0. The van der Waals surface area contributed by atoms with E-state index in [-0.39, 0.29) is 17.8 Å². The molecule has 1 saturated carbocycles. The largest absolute Gasteiger partial charge is 0.465 e. The van der Waals surface area contributed by atoms with Gasteiger partial charge in [-0.15, -0.1) is 0 Å². The van der Waals surface area contributed by atoms with E-state index < -0.39 is 0 Å². The standard InChI is InChI=1S/C13H25NO2/c1-10(2)12(8-14)13(15)16-9-11-6-4-3-5-7-11/h10-12H,3-9,14H2,1-2H3. The smallest absolute Gasteiger partial charge is 0.310 e. The van der Waals surface area contributed by atoms with Crippen molar-refractivity contribution in [2.24, 2.45) is 23.5 Å². The maximum absolute atomic E-state index is 11.8. The van der Waals surface area contributed by atoms with E-state index >= 15 is 0 Å². The molecule has 1 unspecified atom stereocenters. The molecule has 1 rings (SSSR count). The third kappa shape index (κ3) is 4.12. The minimum Gasteiger partial charge on any atom is -0.465 e. The Hall–Kier alpha value is -0.570. The molecule has 1 atom stereocenters. The fourth-order valence-corrected chi connectivity index (χ4v) is 2.30. The molecule has 1 aliphatic rings. The summed E-state index contributed by atoms with van der Waals surface area (Å²) in [5.74, 6) is 0.610. The Balaban J connectivity index is 2.27. The molecule has 0 aromatic rings. The molecule has 0 aromatic heterocycles. The molecule has 0 aromatic carbocycles. The second-order valence-corrected chi connectivity index (χ2v) is 5.22. The molecular formula is C13H25NO2. The zero-order valence-corrected chi connectivity index (χ0v) is 10.6. The molecule has 0 heterocycles. The summed E-state index contributed by atoms with van der Waals surface area (Å²) in [5.41, 5.74) is 5.58. The maximum Gasteiger partial charge on any atom is 0.310 e. The van der Waals surface area contributed by atoms with Gasteiger partial charge in [-0.25, -0.2) is 0 Å². The Kier molecular flexibility index (Phi) is 5.81. The summed E-state index contributed by atoms with van der Waals surface area (Å²) in [6, 6.07) is 0. The van der Waals surface area contributed by atoms with Crippen molar-refractivity contribution in [1.29, 1.82) is 0 Å². The zero-order chi connectivity index (χ0) is 12.0. The number of carbonyl (C=O) groups excluding carboxylic acids is 1. The fourth-order valence-electron chi connectivity index (χ4n) is 2.30. The summed E-state index contributed by atoms with van der Waals surface area (Å²) in [6.45, 7) is 5.02. The number of carbonyl (C=O) groups is 1. The molecule has 0 amide bonds. The van der Waals surface area contributed by atoms with Crippen LogP contribution < -0.4 is 5.73 Å². The van der Waals surface area contributed by atoms with E-state index in [1.165, 1.54) is 32.1 Å². The van der Waals surface area contributed by atoms with Gasteiger partial charge in [0.1, 0.15) is 0 Å². The summed E-state index contributed by atoms with van der Waals surface area (Å²) in [5, 5.41) is 0. The van der Waals surface area contributed by atoms with Gasteiger partial charge >= 0.3 is 5.97 Å². The molecule has 0 aliphatic heterocycles. The highest BCUT2D eigenvalue weighted by molar-refractivity contribution is 5.72. The molecule has 1 aliphatic carbocycles. The molecule has 1 fully saturated rings. The van der Waals surface area contributed by atoms with Crippen LogP contribution >= 0.6 is 0 Å². The van der Waals surface area contributed by atoms with Gasteiger partial charge in [-0.1, -0.05) is 33.1 Å². The summed E-state index contributed by atoms with van der Waals surface area (Å²) < 4.78 is 5.38. The van der Waals surface area contributed by atoms with Crippen LogP contribution in [0.1, 0.15) is 46.0 Å². The Morgan fingerprint density at radius 2 is 1.94 bits per heavy atom. The lowest BCUT2D eigenvalue weighted by Crippen LogP contribution is -2.31. The average Bonchev–Trinajstić information content (AvgIpc) is 2.28. The normalized spacial score (nSPS) is 19.8. The van der Waals surface area contributed by atoms with Crippen LogP contribution in [-0.4, -0.2) is 19.1 Å². The first-order valence-corrected chi connectivity index (χ1v) is 6.51. The van der Waals surface area contributed by atoms with Gasteiger partial charge in [0.25, 0.3) is 0 Å². The van der Waals surface area contributed by atoms with Crippen molar-refractivity contribution < 1.29 is 9.53 Å². The monoisotopic (exact) mass is 227 g/mol. The van der Waals surface area contributed by atoms with E-state index in [2.05, 4.69) is 0 Å². The lowest BCUT2D eigenvalue weighted by molar-refractivity contribution is -0.151. The summed E-state index contributed by atoms with van der Waals surface area (Å²) in [7, 11) is 0. The Bertz CT molecular complexity index is 210. The Morgan fingerprint density at radius 3 is 2.44 bits per heavy atom. The lowest BCUT2D eigenvalue weighted by Gasteiger charge is -2.23. The van der Waals surface area contributed by atoms with Crippen molar-refractivity contribution in [3.05, 3.63) is 0 Å². The van der Waals surface area contributed by atoms with Crippen LogP contribution in [0.25, 0.3) is 0 Å². The second kappa shape index (κ2) is 6.89. The van der Waals surface area contributed by atoms with Crippen LogP contribution in [-0.2, 0) is 9.53 Å². The van der Waals surface area contributed by atoms with E-state index in [9.17, 15) is 4.79 Å². The minimum absolute atomic E-state index is 0.108. The van der Waals surface area contributed by atoms with Crippen LogP contribution in [0, 0.1) is 17.8 Å². The quantitative estimate of drug-likeness (QED) is 0.733. The number of esters is 1. The zero-order valence-electron chi connectivity index (χ0n) is 10.6. The van der Waals surface area contributed by atoms with Gasteiger partial charge in [0, 0.05) is 6.54 Å². The molecule has 0 saturated heterocycles. The van der Waals surface area contributed by atoms with E-state index in [1.54, 1.807) is 0 Å². The van der Waals surface area contributed by atoms with Crippen LogP contribution in [0.4, 0.5) is 0 Å². The lowest BCUT2D eigenvalue weighted by atomic mass is 9.90. The molecule has 0 bridgehead atoms. The van der Waals surface area contributed by atoms with Crippen LogP contribution in [0.3, 0.4) is 0 Å². The van der Waals surface area contributed by atoms with Crippen LogP contribution in [0.15, 0.2) is 0 Å². The molecule has 16 heavy (non-hydrogen) atoms. The van der Waals surface area contributed by atoms with E-state index in [1.807, 2.05) is 13.8 Å². The summed E-state index contributed by atoms with van der Waals surface area (Å²) in [4.78, 5) is 11.8. The molecule has 2 N–H and O–H groups in total. The number of nitrogens with two attached hydrogens (primary N) is 1. The predicted molar refractivity (Wildman–Crippen MR) is 64.9 cm³/mol. The van der Waals surface area contributed by atoms with Crippen molar-refractivity contribution in [2.75, 3.05) is 13.2 Å². The summed E-state index contributed by atoms with van der Waals surface area (Å²) in [6.07, 6.45) is 6.33. The van der Waals surface area contributed by atoms with E-state index in [4.69, 9.17) is 10.5 Å². The number of rotatable bonds is 5. The third-order valence-corrected chi connectivity index (χ3v) is 3.55. The molecule has 3 nitrogen and oxygen atoms in total. The molecular weight excluding hydrogens is 202 g/mol. The highest BCUT2D eigenvalue weighted by Crippen LogP contribution is 2.24. The predicted octanol–water partition coefficient (Wildman–Crippen LogP) is 2.34. The Labute approximate surface area is 98.7 Å². The molecule has 0 spiro atoms. The first-order valence-electron chi connectivity index (χ1n) is 6.51. The van der Waals surface area contributed by atoms with E-state index in [0.717, 1.165) is 0 Å². The Morgan fingerprint density at radius 1 is 1.31 bits per heavy atom. The first kappa shape index (κ1) is 13.5. The maximum atomic E-state index is 11.8. The second-order valence-electron chi connectivity index (χ2n) is 5.22.